The SMILES string of the molecule is CN1CCN(c2ccccc2/C=C2\SCC(=O)N(c3ccc(Cl)c(Cl)c3)C2=O)CC1. The lowest BCUT2D eigenvalue weighted by Gasteiger charge is -2.35. The third-order valence-electron chi connectivity index (χ3n) is 5.24. The summed E-state index contributed by atoms with van der Waals surface area (Å²) in [6.45, 7) is 3.87. The molecule has 0 bridgehead atoms. The molecule has 8 heteroatoms. The van der Waals surface area contributed by atoms with E-state index in [9.17, 15) is 9.59 Å². The average molecular weight is 462 g/mol. The first-order valence-corrected chi connectivity index (χ1v) is 11.4. The maximum atomic E-state index is 13.2. The predicted molar refractivity (Wildman–Crippen MR) is 126 cm³/mol. The molecule has 5 nitrogen and oxygen atoms in total. The number of anilines is 2. The molecule has 0 aromatic heterocycles. The Labute approximate surface area is 190 Å². The number of amides is 2. The van der Waals surface area contributed by atoms with Crippen molar-refractivity contribution in [2.45, 2.75) is 0 Å². The zero-order valence-electron chi connectivity index (χ0n) is 16.5. The summed E-state index contributed by atoms with van der Waals surface area (Å²) >= 11 is 13.4. The van der Waals surface area contributed by atoms with Gasteiger partial charge in [0.05, 0.1) is 26.4 Å². The molecule has 30 heavy (non-hydrogen) atoms. The van der Waals surface area contributed by atoms with E-state index in [1.165, 1.54) is 16.7 Å². The first-order valence-electron chi connectivity index (χ1n) is 9.63. The van der Waals surface area contributed by atoms with E-state index in [1.54, 1.807) is 18.2 Å². The van der Waals surface area contributed by atoms with Gasteiger partial charge in [0.25, 0.3) is 5.91 Å². The molecule has 0 spiro atoms. The molecule has 2 heterocycles. The fourth-order valence-electron chi connectivity index (χ4n) is 3.56. The van der Waals surface area contributed by atoms with Crippen molar-refractivity contribution in [3.63, 3.8) is 0 Å². The average Bonchev–Trinajstić information content (AvgIpc) is 2.74. The van der Waals surface area contributed by atoms with Gasteiger partial charge in [-0.3, -0.25) is 9.59 Å². The van der Waals surface area contributed by atoms with Gasteiger partial charge in [-0.2, -0.15) is 0 Å². The van der Waals surface area contributed by atoms with E-state index in [1.807, 2.05) is 24.3 Å². The van der Waals surface area contributed by atoms with E-state index in [0.717, 1.165) is 37.4 Å². The number of piperazine rings is 1. The molecule has 2 saturated heterocycles. The lowest BCUT2D eigenvalue weighted by Crippen LogP contribution is -2.44. The van der Waals surface area contributed by atoms with Gasteiger partial charge in [-0.25, -0.2) is 4.90 Å². The molecule has 0 unspecified atom stereocenters. The lowest BCUT2D eigenvalue weighted by atomic mass is 10.1. The largest absolute Gasteiger partial charge is 0.368 e. The highest BCUT2D eigenvalue weighted by Gasteiger charge is 2.32. The Morgan fingerprint density at radius 2 is 1.70 bits per heavy atom. The molecule has 156 valence electrons. The zero-order valence-corrected chi connectivity index (χ0v) is 18.8. The molecule has 0 radical (unpaired) electrons. The van der Waals surface area contributed by atoms with E-state index in [4.69, 9.17) is 23.2 Å². The second kappa shape index (κ2) is 9.02. The number of benzene rings is 2. The molecule has 4 rings (SSSR count). The van der Waals surface area contributed by atoms with Gasteiger partial charge in [-0.05, 0) is 43.0 Å². The lowest BCUT2D eigenvalue weighted by molar-refractivity contribution is -0.123. The quantitative estimate of drug-likeness (QED) is 0.500. The molecule has 2 aliphatic heterocycles. The number of carbonyl (C=O) groups is 2. The van der Waals surface area contributed by atoms with Gasteiger partial charge < -0.3 is 9.80 Å². The highest BCUT2D eigenvalue weighted by molar-refractivity contribution is 8.05. The number of imide groups is 1. The van der Waals surface area contributed by atoms with Crippen molar-refractivity contribution in [2.75, 3.05) is 48.8 Å². The highest BCUT2D eigenvalue weighted by Crippen LogP contribution is 2.35. The molecule has 0 N–H and O–H groups in total. The Morgan fingerprint density at radius 3 is 2.43 bits per heavy atom. The summed E-state index contributed by atoms with van der Waals surface area (Å²) in [6.07, 6.45) is 1.89. The van der Waals surface area contributed by atoms with Crippen molar-refractivity contribution in [3.8, 4) is 0 Å². The summed E-state index contributed by atoms with van der Waals surface area (Å²) in [4.78, 5) is 32.1. The summed E-state index contributed by atoms with van der Waals surface area (Å²) in [5, 5.41) is 0.683. The number of hydrogen-bond donors (Lipinski definition) is 0. The number of nitrogens with zero attached hydrogens (tertiary/aromatic N) is 3. The number of thioether (sulfide) groups is 1. The molecule has 2 aliphatic rings. The monoisotopic (exact) mass is 461 g/mol. The Morgan fingerprint density at radius 1 is 0.967 bits per heavy atom. The summed E-state index contributed by atoms with van der Waals surface area (Å²) in [5.41, 5.74) is 2.50. The molecule has 2 aromatic carbocycles. The molecular weight excluding hydrogens is 441 g/mol. The molecular formula is C22H21Cl2N3O2S. The highest BCUT2D eigenvalue weighted by atomic mass is 35.5. The fraction of sp³-hybridized carbons (Fsp3) is 0.273. The maximum Gasteiger partial charge on any atom is 0.271 e. The molecule has 2 aromatic rings. The van der Waals surface area contributed by atoms with Crippen molar-refractivity contribution in [1.29, 1.82) is 0 Å². The van der Waals surface area contributed by atoms with Crippen LogP contribution in [0, 0.1) is 0 Å². The second-order valence-corrected chi connectivity index (χ2v) is 9.11. The van der Waals surface area contributed by atoms with Crippen LogP contribution in [0.2, 0.25) is 10.0 Å². The second-order valence-electron chi connectivity index (χ2n) is 7.28. The van der Waals surface area contributed by atoms with Gasteiger partial charge in [0.15, 0.2) is 0 Å². The number of para-hydroxylation sites is 1. The van der Waals surface area contributed by atoms with Crippen LogP contribution in [0.15, 0.2) is 47.4 Å². The number of likely N-dealkylation sites (N-methyl/N-ethyl adjacent to an activating group) is 1. The molecule has 0 atom stereocenters. The smallest absolute Gasteiger partial charge is 0.271 e. The zero-order chi connectivity index (χ0) is 21.3. The van der Waals surface area contributed by atoms with Crippen LogP contribution in [0.3, 0.4) is 0 Å². The summed E-state index contributed by atoms with van der Waals surface area (Å²) in [7, 11) is 2.12. The van der Waals surface area contributed by atoms with E-state index in [0.29, 0.717) is 20.6 Å². The first kappa shape index (κ1) is 21.2. The Bertz CT molecular complexity index is 1020. The normalized spacial score (nSPS) is 19.6. The summed E-state index contributed by atoms with van der Waals surface area (Å²) in [5.74, 6) is -0.426. The topological polar surface area (TPSA) is 43.9 Å². The van der Waals surface area contributed by atoms with E-state index in [2.05, 4.69) is 22.9 Å². The van der Waals surface area contributed by atoms with Gasteiger partial charge in [-0.15, -0.1) is 11.8 Å². The van der Waals surface area contributed by atoms with Crippen LogP contribution in [-0.4, -0.2) is 55.7 Å². The number of hydrogen-bond acceptors (Lipinski definition) is 5. The number of carbonyl (C=O) groups excluding carboxylic acids is 2. The van der Waals surface area contributed by atoms with Crippen LogP contribution >= 0.6 is 35.0 Å². The summed E-state index contributed by atoms with van der Waals surface area (Å²) in [6, 6.07) is 12.8. The minimum Gasteiger partial charge on any atom is -0.368 e. The Kier molecular flexibility index (Phi) is 6.39. The van der Waals surface area contributed by atoms with Crippen LogP contribution < -0.4 is 9.80 Å². The van der Waals surface area contributed by atoms with Crippen LogP contribution in [0.25, 0.3) is 6.08 Å². The summed E-state index contributed by atoms with van der Waals surface area (Å²) < 4.78 is 0. The van der Waals surface area contributed by atoms with E-state index < -0.39 is 0 Å². The molecule has 0 saturated carbocycles. The Hall–Kier alpha value is -1.99. The van der Waals surface area contributed by atoms with Gasteiger partial charge in [0.2, 0.25) is 5.91 Å². The van der Waals surface area contributed by atoms with Gasteiger partial charge >= 0.3 is 0 Å². The molecule has 0 aliphatic carbocycles. The Balaban J connectivity index is 1.65. The minimum absolute atomic E-state index is 0.189. The maximum absolute atomic E-state index is 13.2. The minimum atomic E-state index is -0.345. The van der Waals surface area contributed by atoms with Crippen molar-refractivity contribution in [3.05, 3.63) is 63.0 Å². The first-order chi connectivity index (χ1) is 14.4. The van der Waals surface area contributed by atoms with Crippen molar-refractivity contribution in [1.82, 2.24) is 4.90 Å². The van der Waals surface area contributed by atoms with Gasteiger partial charge in [-0.1, -0.05) is 41.4 Å². The van der Waals surface area contributed by atoms with Gasteiger partial charge in [0.1, 0.15) is 0 Å². The van der Waals surface area contributed by atoms with Crippen molar-refractivity contribution in [2.24, 2.45) is 0 Å². The fourth-order valence-corrected chi connectivity index (χ4v) is 4.69. The van der Waals surface area contributed by atoms with Crippen molar-refractivity contribution >= 4 is 64.2 Å². The number of halogens is 2. The van der Waals surface area contributed by atoms with E-state index in [-0.39, 0.29) is 17.6 Å². The van der Waals surface area contributed by atoms with Crippen LogP contribution in [0.1, 0.15) is 5.56 Å². The van der Waals surface area contributed by atoms with Crippen LogP contribution in [0.5, 0.6) is 0 Å². The van der Waals surface area contributed by atoms with Gasteiger partial charge in [0, 0.05) is 31.9 Å². The van der Waals surface area contributed by atoms with Crippen molar-refractivity contribution < 1.29 is 9.59 Å². The standard InChI is InChI=1S/C22H21Cl2N3O2S/c1-25-8-10-26(11-9-25)19-5-3-2-4-15(19)12-20-22(29)27(21(28)14-30-20)16-6-7-17(23)18(24)13-16/h2-7,12-13H,8-11,14H2,1H3/b20-12-. The molecule has 2 amide bonds. The van der Waals surface area contributed by atoms with Crippen LogP contribution in [-0.2, 0) is 9.59 Å². The third kappa shape index (κ3) is 4.37. The van der Waals surface area contributed by atoms with Crippen LogP contribution in [0.4, 0.5) is 11.4 Å². The number of rotatable bonds is 3. The van der Waals surface area contributed by atoms with E-state index >= 15 is 0 Å². The third-order valence-corrected chi connectivity index (χ3v) is 6.98. The predicted octanol–water partition coefficient (Wildman–Crippen LogP) is 4.39. The molecule has 2 fully saturated rings.